The van der Waals surface area contributed by atoms with Crippen molar-refractivity contribution < 1.29 is 4.74 Å². The summed E-state index contributed by atoms with van der Waals surface area (Å²) in [4.78, 5) is 2.23. The van der Waals surface area contributed by atoms with Gasteiger partial charge in [-0.2, -0.15) is 0 Å². The molecule has 0 heterocycles. The maximum absolute atomic E-state index is 5.38. The van der Waals surface area contributed by atoms with Crippen LogP contribution >= 0.6 is 0 Å². The smallest absolute Gasteiger partial charge is 0.122 e. The summed E-state index contributed by atoms with van der Waals surface area (Å²) < 4.78 is 5.38. The van der Waals surface area contributed by atoms with Crippen LogP contribution in [0, 0.1) is 0 Å². The van der Waals surface area contributed by atoms with Crippen molar-refractivity contribution in [2.75, 3.05) is 34.3 Å². The van der Waals surface area contributed by atoms with E-state index in [4.69, 9.17) is 4.74 Å². The molecule has 0 bridgehead atoms. The molecule has 0 saturated carbocycles. The van der Waals surface area contributed by atoms with E-state index in [1.54, 1.807) is 7.11 Å². The number of benzene rings is 1. The Bertz CT molecular complexity index is 352. The molecule has 0 aliphatic rings. The molecule has 1 unspecified atom stereocenters. The average Bonchev–Trinajstić information content (AvgIpc) is 2.38. The highest BCUT2D eigenvalue weighted by Crippen LogP contribution is 2.18. The van der Waals surface area contributed by atoms with Crippen molar-refractivity contribution in [1.82, 2.24) is 10.2 Å². The molecular weight excluding hydrogens is 236 g/mol. The molecule has 0 radical (unpaired) electrons. The lowest BCUT2D eigenvalue weighted by atomic mass is 10.1. The third kappa shape index (κ3) is 6.60. The average molecular weight is 264 g/mol. The highest BCUT2D eigenvalue weighted by molar-refractivity contribution is 5.33. The molecule has 1 N–H and O–H groups in total. The third-order valence-electron chi connectivity index (χ3n) is 3.24. The maximum Gasteiger partial charge on any atom is 0.122 e. The van der Waals surface area contributed by atoms with Crippen LogP contribution in [0.15, 0.2) is 24.3 Å². The van der Waals surface area contributed by atoms with Gasteiger partial charge >= 0.3 is 0 Å². The molecule has 0 fully saturated rings. The molecule has 1 atom stereocenters. The van der Waals surface area contributed by atoms with E-state index in [1.165, 1.54) is 24.9 Å². The van der Waals surface area contributed by atoms with Crippen LogP contribution in [0.4, 0.5) is 0 Å². The quantitative estimate of drug-likeness (QED) is 0.694. The van der Waals surface area contributed by atoms with Crippen LogP contribution in [-0.2, 0) is 6.42 Å². The molecule has 1 aromatic carbocycles. The SMILES string of the molecule is COc1ccccc1CC(C)NCCCCN(C)C. The van der Waals surface area contributed by atoms with Gasteiger partial charge in [-0.15, -0.1) is 0 Å². The summed E-state index contributed by atoms with van der Waals surface area (Å²) in [6.07, 6.45) is 3.49. The number of nitrogens with one attached hydrogen (secondary N) is 1. The number of nitrogens with zero attached hydrogens (tertiary/aromatic N) is 1. The van der Waals surface area contributed by atoms with Crippen LogP contribution in [0.5, 0.6) is 5.75 Å². The van der Waals surface area contributed by atoms with Gasteiger partial charge in [0.1, 0.15) is 5.75 Å². The molecule has 1 rings (SSSR count). The Morgan fingerprint density at radius 3 is 2.63 bits per heavy atom. The summed E-state index contributed by atoms with van der Waals surface area (Å²) >= 11 is 0. The van der Waals surface area contributed by atoms with Crippen LogP contribution in [-0.4, -0.2) is 45.2 Å². The van der Waals surface area contributed by atoms with E-state index in [0.29, 0.717) is 6.04 Å². The highest BCUT2D eigenvalue weighted by Gasteiger charge is 2.07. The van der Waals surface area contributed by atoms with Crippen molar-refractivity contribution in [3.05, 3.63) is 29.8 Å². The zero-order valence-corrected chi connectivity index (χ0v) is 12.8. The Morgan fingerprint density at radius 1 is 1.21 bits per heavy atom. The van der Waals surface area contributed by atoms with E-state index in [0.717, 1.165) is 18.7 Å². The van der Waals surface area contributed by atoms with Gasteiger partial charge in [-0.1, -0.05) is 18.2 Å². The fraction of sp³-hybridized carbons (Fsp3) is 0.625. The lowest BCUT2D eigenvalue weighted by Gasteiger charge is -2.16. The van der Waals surface area contributed by atoms with Crippen LogP contribution in [0.1, 0.15) is 25.3 Å². The first kappa shape index (κ1) is 16.0. The third-order valence-corrected chi connectivity index (χ3v) is 3.24. The fourth-order valence-corrected chi connectivity index (χ4v) is 2.18. The molecule has 108 valence electrons. The molecule has 3 heteroatoms. The lowest BCUT2D eigenvalue weighted by Crippen LogP contribution is -2.29. The van der Waals surface area contributed by atoms with Crippen molar-refractivity contribution in [3.8, 4) is 5.75 Å². The minimum atomic E-state index is 0.482. The number of hydrogen-bond acceptors (Lipinski definition) is 3. The molecule has 0 saturated heterocycles. The van der Waals surface area contributed by atoms with Gasteiger partial charge in [0.2, 0.25) is 0 Å². The number of ether oxygens (including phenoxy) is 1. The molecule has 0 amide bonds. The van der Waals surface area contributed by atoms with Crippen LogP contribution < -0.4 is 10.1 Å². The standard InChI is InChI=1S/C16H28N2O/c1-14(17-11-7-8-12-18(2)3)13-15-9-5-6-10-16(15)19-4/h5-6,9-10,14,17H,7-8,11-13H2,1-4H3. The van der Waals surface area contributed by atoms with Crippen molar-refractivity contribution in [1.29, 1.82) is 0 Å². The summed E-state index contributed by atoms with van der Waals surface area (Å²) in [6.45, 7) is 4.49. The van der Waals surface area contributed by atoms with E-state index in [1.807, 2.05) is 12.1 Å². The van der Waals surface area contributed by atoms with Crippen molar-refractivity contribution in [2.45, 2.75) is 32.2 Å². The summed E-state index contributed by atoms with van der Waals surface area (Å²) in [6, 6.07) is 8.74. The van der Waals surface area contributed by atoms with Gasteiger partial charge in [0.05, 0.1) is 7.11 Å². The zero-order valence-electron chi connectivity index (χ0n) is 12.8. The fourth-order valence-electron chi connectivity index (χ4n) is 2.18. The topological polar surface area (TPSA) is 24.5 Å². The Hall–Kier alpha value is -1.06. The first-order chi connectivity index (χ1) is 9.13. The van der Waals surface area contributed by atoms with E-state index in [-0.39, 0.29) is 0 Å². The van der Waals surface area contributed by atoms with Gasteiger partial charge in [0, 0.05) is 6.04 Å². The minimum absolute atomic E-state index is 0.482. The molecule has 0 aliphatic heterocycles. The minimum Gasteiger partial charge on any atom is -0.496 e. The Labute approximate surface area is 118 Å². The van der Waals surface area contributed by atoms with Crippen molar-refractivity contribution >= 4 is 0 Å². The summed E-state index contributed by atoms with van der Waals surface area (Å²) in [5.41, 5.74) is 1.28. The summed E-state index contributed by atoms with van der Waals surface area (Å²) in [5, 5.41) is 3.58. The number of hydrogen-bond donors (Lipinski definition) is 1. The van der Waals surface area contributed by atoms with E-state index in [9.17, 15) is 0 Å². The molecule has 3 nitrogen and oxygen atoms in total. The van der Waals surface area contributed by atoms with E-state index in [2.05, 4.69) is 43.4 Å². The first-order valence-corrected chi connectivity index (χ1v) is 7.13. The number of methoxy groups -OCH3 is 1. The second kappa shape index (κ2) is 8.94. The number of unbranched alkanes of at least 4 members (excludes halogenated alkanes) is 1. The van der Waals surface area contributed by atoms with E-state index >= 15 is 0 Å². The zero-order chi connectivity index (χ0) is 14.1. The van der Waals surface area contributed by atoms with Crippen LogP contribution in [0.2, 0.25) is 0 Å². The maximum atomic E-state index is 5.38. The highest BCUT2D eigenvalue weighted by atomic mass is 16.5. The Morgan fingerprint density at radius 2 is 1.95 bits per heavy atom. The van der Waals surface area contributed by atoms with Gasteiger partial charge in [0.15, 0.2) is 0 Å². The second-order valence-corrected chi connectivity index (χ2v) is 5.38. The molecule has 1 aromatic rings. The van der Waals surface area contributed by atoms with Gasteiger partial charge in [-0.3, -0.25) is 0 Å². The molecule has 19 heavy (non-hydrogen) atoms. The van der Waals surface area contributed by atoms with Crippen molar-refractivity contribution in [2.24, 2.45) is 0 Å². The normalized spacial score (nSPS) is 12.7. The first-order valence-electron chi connectivity index (χ1n) is 7.13. The molecule has 0 spiro atoms. The van der Waals surface area contributed by atoms with Crippen molar-refractivity contribution in [3.63, 3.8) is 0 Å². The Kier molecular flexibility index (Phi) is 7.53. The monoisotopic (exact) mass is 264 g/mol. The predicted molar refractivity (Wildman–Crippen MR) is 82.0 cm³/mol. The molecule has 0 aliphatic carbocycles. The van der Waals surface area contributed by atoms with Gasteiger partial charge in [-0.05, 0) is 65.0 Å². The largest absolute Gasteiger partial charge is 0.496 e. The van der Waals surface area contributed by atoms with Gasteiger partial charge in [-0.25, -0.2) is 0 Å². The Balaban J connectivity index is 2.25. The predicted octanol–water partition coefficient (Wildman–Crippen LogP) is 2.56. The van der Waals surface area contributed by atoms with Gasteiger partial charge in [0.25, 0.3) is 0 Å². The van der Waals surface area contributed by atoms with Gasteiger partial charge < -0.3 is 15.0 Å². The van der Waals surface area contributed by atoms with E-state index < -0.39 is 0 Å². The summed E-state index contributed by atoms with van der Waals surface area (Å²) in [7, 11) is 5.98. The van der Waals surface area contributed by atoms with Crippen LogP contribution in [0.25, 0.3) is 0 Å². The summed E-state index contributed by atoms with van der Waals surface area (Å²) in [5.74, 6) is 0.990. The number of rotatable bonds is 9. The number of para-hydroxylation sites is 1. The molecular formula is C16H28N2O. The molecule has 0 aromatic heterocycles. The lowest BCUT2D eigenvalue weighted by molar-refractivity contribution is 0.387. The van der Waals surface area contributed by atoms with Crippen LogP contribution in [0.3, 0.4) is 0 Å². The second-order valence-electron chi connectivity index (χ2n) is 5.38.